The van der Waals surface area contributed by atoms with Crippen LogP contribution in [0.2, 0.25) is 0 Å². The van der Waals surface area contributed by atoms with E-state index < -0.39 is 0 Å². The molecular weight excluding hydrogens is 372 g/mol. The lowest BCUT2D eigenvalue weighted by Crippen LogP contribution is -2.38. The normalized spacial score (nSPS) is 17.7. The van der Waals surface area contributed by atoms with E-state index in [1.165, 1.54) is 5.56 Å². The van der Waals surface area contributed by atoms with Gasteiger partial charge in [-0.1, -0.05) is 62.4 Å². The van der Waals surface area contributed by atoms with Gasteiger partial charge in [0.1, 0.15) is 0 Å². The van der Waals surface area contributed by atoms with E-state index in [1.807, 2.05) is 41.4 Å². The lowest BCUT2D eigenvalue weighted by Gasteiger charge is -2.34. The standard InChI is InChI=1S/C26H30N2O2/c1-18(2)21-10-8-20(9-11-21)17-28(23-12-13-23)26(30)16-25-24-7-5-4-6-22(24)14-15-27(25)19(3)29/h4-11,14-15,18,23,25H,12-13,16-17H2,1-3H3. The summed E-state index contributed by atoms with van der Waals surface area (Å²) in [6.45, 7) is 6.56. The molecule has 0 saturated heterocycles. The van der Waals surface area contributed by atoms with Crippen LogP contribution in [0.5, 0.6) is 0 Å². The summed E-state index contributed by atoms with van der Waals surface area (Å²) in [5, 5.41) is 0. The van der Waals surface area contributed by atoms with Crippen molar-refractivity contribution in [1.29, 1.82) is 0 Å². The van der Waals surface area contributed by atoms with Crippen molar-refractivity contribution in [2.75, 3.05) is 0 Å². The van der Waals surface area contributed by atoms with Crippen LogP contribution in [0, 0.1) is 0 Å². The summed E-state index contributed by atoms with van der Waals surface area (Å²) >= 11 is 0. The van der Waals surface area contributed by atoms with Gasteiger partial charge in [-0.2, -0.15) is 0 Å². The Labute approximate surface area is 179 Å². The fraction of sp³-hybridized carbons (Fsp3) is 0.385. The molecule has 0 aromatic heterocycles. The molecule has 4 rings (SSSR count). The number of amides is 2. The molecule has 2 aromatic rings. The molecule has 2 aliphatic rings. The van der Waals surface area contributed by atoms with Gasteiger partial charge in [-0.25, -0.2) is 0 Å². The molecule has 30 heavy (non-hydrogen) atoms. The molecule has 1 aliphatic carbocycles. The molecule has 2 aromatic carbocycles. The Kier molecular flexibility index (Phi) is 5.76. The van der Waals surface area contributed by atoms with Crippen LogP contribution >= 0.6 is 0 Å². The summed E-state index contributed by atoms with van der Waals surface area (Å²) in [5.74, 6) is 0.574. The summed E-state index contributed by atoms with van der Waals surface area (Å²) in [4.78, 5) is 29.4. The molecule has 4 heteroatoms. The number of benzene rings is 2. The molecule has 0 radical (unpaired) electrons. The smallest absolute Gasteiger partial charge is 0.225 e. The van der Waals surface area contributed by atoms with Gasteiger partial charge in [0, 0.05) is 25.7 Å². The number of hydrogen-bond donors (Lipinski definition) is 0. The summed E-state index contributed by atoms with van der Waals surface area (Å²) < 4.78 is 0. The highest BCUT2D eigenvalue weighted by Crippen LogP contribution is 2.35. The minimum atomic E-state index is -0.249. The van der Waals surface area contributed by atoms with Crippen molar-refractivity contribution in [2.45, 2.75) is 64.6 Å². The number of fused-ring (bicyclic) bond motifs is 1. The van der Waals surface area contributed by atoms with Crippen molar-refractivity contribution in [2.24, 2.45) is 0 Å². The lowest BCUT2D eigenvalue weighted by atomic mass is 9.93. The van der Waals surface area contributed by atoms with Gasteiger partial charge < -0.3 is 9.80 Å². The van der Waals surface area contributed by atoms with Gasteiger partial charge in [0.2, 0.25) is 11.8 Å². The van der Waals surface area contributed by atoms with Crippen LogP contribution in [-0.2, 0) is 16.1 Å². The molecule has 0 N–H and O–H groups in total. The average Bonchev–Trinajstić information content (AvgIpc) is 3.57. The summed E-state index contributed by atoms with van der Waals surface area (Å²) in [7, 11) is 0. The van der Waals surface area contributed by atoms with E-state index in [4.69, 9.17) is 0 Å². The summed E-state index contributed by atoms with van der Waals surface area (Å²) in [5.41, 5.74) is 4.59. The third kappa shape index (κ3) is 4.33. The van der Waals surface area contributed by atoms with Crippen LogP contribution in [0.3, 0.4) is 0 Å². The van der Waals surface area contributed by atoms with Crippen LogP contribution in [0.15, 0.2) is 54.7 Å². The van der Waals surface area contributed by atoms with E-state index in [2.05, 4.69) is 38.1 Å². The lowest BCUT2D eigenvalue weighted by molar-refractivity contribution is -0.135. The minimum absolute atomic E-state index is 0.0409. The first kappa shape index (κ1) is 20.4. The largest absolute Gasteiger partial charge is 0.335 e. The molecule has 1 atom stereocenters. The molecule has 1 fully saturated rings. The van der Waals surface area contributed by atoms with Crippen LogP contribution in [0.1, 0.15) is 74.2 Å². The first-order valence-electron chi connectivity index (χ1n) is 10.9. The Morgan fingerprint density at radius 1 is 1.07 bits per heavy atom. The monoisotopic (exact) mass is 402 g/mol. The van der Waals surface area contributed by atoms with Crippen molar-refractivity contribution >= 4 is 17.9 Å². The highest BCUT2D eigenvalue weighted by molar-refractivity contribution is 5.82. The molecule has 2 amide bonds. The van der Waals surface area contributed by atoms with E-state index in [0.717, 1.165) is 29.5 Å². The van der Waals surface area contributed by atoms with E-state index in [9.17, 15) is 9.59 Å². The molecule has 0 spiro atoms. The van der Waals surface area contributed by atoms with Gasteiger partial charge in [0.25, 0.3) is 0 Å². The van der Waals surface area contributed by atoms with Gasteiger partial charge in [0.05, 0.1) is 12.5 Å². The van der Waals surface area contributed by atoms with Gasteiger partial charge >= 0.3 is 0 Å². The molecule has 1 heterocycles. The van der Waals surface area contributed by atoms with Gasteiger partial charge in [0.15, 0.2) is 0 Å². The van der Waals surface area contributed by atoms with E-state index in [0.29, 0.717) is 24.9 Å². The fourth-order valence-electron chi connectivity index (χ4n) is 4.21. The first-order chi connectivity index (χ1) is 14.4. The summed E-state index contributed by atoms with van der Waals surface area (Å²) in [6.07, 6.45) is 6.20. The zero-order chi connectivity index (χ0) is 21.3. The quantitative estimate of drug-likeness (QED) is 0.661. The molecule has 156 valence electrons. The maximum Gasteiger partial charge on any atom is 0.225 e. The third-order valence-corrected chi connectivity index (χ3v) is 6.14. The molecule has 1 unspecified atom stereocenters. The molecule has 1 aliphatic heterocycles. The van der Waals surface area contributed by atoms with Crippen molar-refractivity contribution < 1.29 is 9.59 Å². The van der Waals surface area contributed by atoms with E-state index in [1.54, 1.807) is 11.8 Å². The zero-order valence-electron chi connectivity index (χ0n) is 18.0. The number of nitrogens with zero attached hydrogens (tertiary/aromatic N) is 2. The van der Waals surface area contributed by atoms with Gasteiger partial charge in [-0.3, -0.25) is 9.59 Å². The Morgan fingerprint density at radius 2 is 1.77 bits per heavy atom. The Morgan fingerprint density at radius 3 is 2.40 bits per heavy atom. The molecular formula is C26H30N2O2. The number of carbonyl (C=O) groups is 2. The van der Waals surface area contributed by atoms with Gasteiger partial charge in [-0.05, 0) is 47.1 Å². The second-order valence-corrected chi connectivity index (χ2v) is 8.74. The second-order valence-electron chi connectivity index (χ2n) is 8.74. The van der Waals surface area contributed by atoms with Gasteiger partial charge in [-0.15, -0.1) is 0 Å². The minimum Gasteiger partial charge on any atom is -0.335 e. The number of carbonyl (C=O) groups excluding carboxylic acids is 2. The Bertz CT molecular complexity index is 957. The van der Waals surface area contributed by atoms with Crippen molar-refractivity contribution in [3.8, 4) is 0 Å². The average molecular weight is 403 g/mol. The molecule has 1 saturated carbocycles. The van der Waals surface area contributed by atoms with Crippen molar-refractivity contribution in [3.63, 3.8) is 0 Å². The van der Waals surface area contributed by atoms with Crippen LogP contribution in [0.25, 0.3) is 6.08 Å². The SMILES string of the molecule is CC(=O)N1C=Cc2ccccc2C1CC(=O)N(Cc1ccc(C(C)C)cc1)C1CC1. The van der Waals surface area contributed by atoms with Crippen LogP contribution in [0.4, 0.5) is 0 Å². The predicted octanol–water partition coefficient (Wildman–Crippen LogP) is 5.27. The van der Waals surface area contributed by atoms with E-state index in [-0.39, 0.29) is 17.9 Å². The fourth-order valence-corrected chi connectivity index (χ4v) is 4.21. The van der Waals surface area contributed by atoms with Crippen LogP contribution < -0.4 is 0 Å². The number of hydrogen-bond acceptors (Lipinski definition) is 2. The molecule has 0 bridgehead atoms. The third-order valence-electron chi connectivity index (χ3n) is 6.14. The zero-order valence-corrected chi connectivity index (χ0v) is 18.0. The molecule has 4 nitrogen and oxygen atoms in total. The van der Waals surface area contributed by atoms with Crippen molar-refractivity contribution in [1.82, 2.24) is 9.80 Å². The number of rotatable bonds is 6. The Hall–Kier alpha value is -2.88. The Balaban J connectivity index is 1.54. The predicted molar refractivity (Wildman–Crippen MR) is 119 cm³/mol. The topological polar surface area (TPSA) is 40.6 Å². The first-order valence-corrected chi connectivity index (χ1v) is 10.9. The highest BCUT2D eigenvalue weighted by atomic mass is 16.2. The van der Waals surface area contributed by atoms with Crippen LogP contribution in [-0.4, -0.2) is 27.7 Å². The van der Waals surface area contributed by atoms with Crippen molar-refractivity contribution in [3.05, 3.63) is 77.0 Å². The second kappa shape index (κ2) is 8.47. The maximum atomic E-state index is 13.4. The summed E-state index contributed by atoms with van der Waals surface area (Å²) in [6, 6.07) is 16.7. The van der Waals surface area contributed by atoms with E-state index >= 15 is 0 Å². The highest BCUT2D eigenvalue weighted by Gasteiger charge is 2.36. The maximum absolute atomic E-state index is 13.4.